The van der Waals surface area contributed by atoms with Crippen molar-refractivity contribution >= 4 is 0 Å². The summed E-state index contributed by atoms with van der Waals surface area (Å²) >= 11 is 0. The maximum Gasteiger partial charge on any atom is 0.158 e. The zero-order valence-corrected chi connectivity index (χ0v) is 13.9. The number of aliphatic hydroxyl groups is 1. The second kappa shape index (κ2) is 7.55. The van der Waals surface area contributed by atoms with E-state index < -0.39 is 29.6 Å². The molecule has 3 atom stereocenters. The maximum absolute atomic E-state index is 14.4. The summed E-state index contributed by atoms with van der Waals surface area (Å²) in [5.74, 6) is -1.56. The number of ether oxygens (including phenoxy) is 2. The Bertz CT molecular complexity index is 692. The summed E-state index contributed by atoms with van der Waals surface area (Å²) in [5, 5.41) is 15.3. The lowest BCUT2D eigenvalue weighted by atomic mass is 9.88. The van der Waals surface area contributed by atoms with Crippen molar-refractivity contribution in [2.24, 2.45) is 0 Å². The molecule has 25 heavy (non-hydrogen) atoms. The third-order valence-electron chi connectivity index (χ3n) is 4.43. The van der Waals surface area contributed by atoms with Gasteiger partial charge in [0.05, 0.1) is 12.6 Å². The summed E-state index contributed by atoms with van der Waals surface area (Å²) in [5.41, 5.74) is -1.83. The highest BCUT2D eigenvalue weighted by Gasteiger charge is 2.41. The van der Waals surface area contributed by atoms with Gasteiger partial charge in [0, 0.05) is 18.2 Å². The topological polar surface area (TPSA) is 69.4 Å². The Morgan fingerprint density at radius 1 is 1.44 bits per heavy atom. The van der Waals surface area contributed by atoms with Crippen LogP contribution in [0.15, 0.2) is 30.9 Å². The largest absolute Gasteiger partial charge is 0.380 e. The van der Waals surface area contributed by atoms with Crippen molar-refractivity contribution in [2.45, 2.75) is 50.7 Å². The average molecular weight is 353 g/mol. The van der Waals surface area contributed by atoms with Crippen LogP contribution in [0.3, 0.4) is 0 Å². The van der Waals surface area contributed by atoms with Crippen molar-refractivity contribution in [3.63, 3.8) is 0 Å². The molecule has 136 valence electrons. The Hall–Kier alpha value is -1.90. The SMILES string of the molecule is CC(OC1CCCCO1)[C@](O)(Cn1cncn1)c1ccc(F)cc1F. The van der Waals surface area contributed by atoms with E-state index in [0.29, 0.717) is 13.0 Å². The van der Waals surface area contributed by atoms with E-state index in [1.807, 2.05) is 0 Å². The standard InChI is InChI=1S/C17H21F2N3O3/c1-12(25-16-4-2-3-7-24-16)17(23,9-22-11-20-10-21-22)14-6-5-13(18)8-15(14)19/h5-6,8,10-12,16,23H,2-4,7,9H2,1H3/t12?,16?,17-/m1/s1. The minimum Gasteiger partial charge on any atom is -0.380 e. The molecule has 1 aliphatic rings. The number of halogens is 2. The molecule has 1 saturated heterocycles. The van der Waals surface area contributed by atoms with E-state index in [2.05, 4.69) is 10.1 Å². The molecule has 2 unspecified atom stereocenters. The first-order valence-corrected chi connectivity index (χ1v) is 8.26. The number of benzene rings is 1. The normalized spacial score (nSPS) is 21.7. The van der Waals surface area contributed by atoms with E-state index in [-0.39, 0.29) is 12.1 Å². The summed E-state index contributed by atoms with van der Waals surface area (Å²) in [7, 11) is 0. The minimum absolute atomic E-state index is 0.0623. The Balaban J connectivity index is 1.89. The van der Waals surface area contributed by atoms with Crippen LogP contribution in [0.5, 0.6) is 0 Å². The van der Waals surface area contributed by atoms with Gasteiger partial charge >= 0.3 is 0 Å². The number of rotatable bonds is 6. The van der Waals surface area contributed by atoms with Crippen LogP contribution in [0.1, 0.15) is 31.7 Å². The second-order valence-electron chi connectivity index (χ2n) is 6.22. The molecule has 1 aromatic carbocycles. The molecule has 1 aromatic heterocycles. The van der Waals surface area contributed by atoms with Crippen LogP contribution in [0.4, 0.5) is 8.78 Å². The van der Waals surface area contributed by atoms with E-state index in [4.69, 9.17) is 9.47 Å². The molecule has 2 heterocycles. The van der Waals surface area contributed by atoms with Gasteiger partial charge in [0.2, 0.25) is 0 Å². The lowest BCUT2D eigenvalue weighted by Gasteiger charge is -2.37. The van der Waals surface area contributed by atoms with Gasteiger partial charge in [-0.15, -0.1) is 0 Å². The number of hydrogen-bond donors (Lipinski definition) is 1. The molecule has 0 spiro atoms. The lowest BCUT2D eigenvalue weighted by molar-refractivity contribution is -0.229. The molecule has 0 radical (unpaired) electrons. The number of hydrogen-bond acceptors (Lipinski definition) is 5. The minimum atomic E-state index is -1.77. The molecule has 1 N–H and O–H groups in total. The average Bonchev–Trinajstić information content (AvgIpc) is 3.08. The fourth-order valence-electron chi connectivity index (χ4n) is 2.99. The second-order valence-corrected chi connectivity index (χ2v) is 6.22. The summed E-state index contributed by atoms with van der Waals surface area (Å²) < 4.78 is 40.4. The van der Waals surface area contributed by atoms with E-state index in [1.165, 1.54) is 23.4 Å². The van der Waals surface area contributed by atoms with Gasteiger partial charge in [-0.05, 0) is 32.3 Å². The first-order valence-electron chi connectivity index (χ1n) is 8.26. The Labute approximate surface area is 144 Å². The van der Waals surface area contributed by atoms with Crippen molar-refractivity contribution in [3.05, 3.63) is 48.1 Å². The summed E-state index contributed by atoms with van der Waals surface area (Å²) in [4.78, 5) is 3.83. The third kappa shape index (κ3) is 4.02. The van der Waals surface area contributed by atoms with Gasteiger partial charge in [0.25, 0.3) is 0 Å². The van der Waals surface area contributed by atoms with E-state index in [9.17, 15) is 13.9 Å². The molecular weight excluding hydrogens is 332 g/mol. The molecule has 0 aliphatic carbocycles. The van der Waals surface area contributed by atoms with Crippen molar-refractivity contribution in [1.29, 1.82) is 0 Å². The Morgan fingerprint density at radius 2 is 2.28 bits per heavy atom. The van der Waals surface area contributed by atoms with Crippen LogP contribution in [0.2, 0.25) is 0 Å². The fourth-order valence-corrected chi connectivity index (χ4v) is 2.99. The van der Waals surface area contributed by atoms with Crippen LogP contribution < -0.4 is 0 Å². The first-order chi connectivity index (χ1) is 12.0. The van der Waals surface area contributed by atoms with Gasteiger partial charge in [0.1, 0.15) is 29.9 Å². The van der Waals surface area contributed by atoms with Crippen molar-refractivity contribution in [1.82, 2.24) is 14.8 Å². The predicted molar refractivity (Wildman–Crippen MR) is 84.4 cm³/mol. The van der Waals surface area contributed by atoms with Gasteiger partial charge < -0.3 is 14.6 Å². The van der Waals surface area contributed by atoms with E-state index in [1.54, 1.807) is 6.92 Å². The number of nitrogens with zero attached hydrogens (tertiary/aromatic N) is 3. The molecule has 1 aliphatic heterocycles. The highest BCUT2D eigenvalue weighted by molar-refractivity contribution is 5.26. The Kier molecular flexibility index (Phi) is 5.41. The van der Waals surface area contributed by atoms with Crippen molar-refractivity contribution < 1.29 is 23.4 Å². The molecule has 0 bridgehead atoms. The quantitative estimate of drug-likeness (QED) is 0.863. The van der Waals surface area contributed by atoms with Crippen LogP contribution in [0.25, 0.3) is 0 Å². The lowest BCUT2D eigenvalue weighted by Crippen LogP contribution is -2.46. The van der Waals surface area contributed by atoms with Crippen molar-refractivity contribution in [3.8, 4) is 0 Å². The molecule has 6 nitrogen and oxygen atoms in total. The van der Waals surface area contributed by atoms with Gasteiger partial charge in [-0.25, -0.2) is 18.4 Å². The summed E-state index contributed by atoms with van der Waals surface area (Å²) in [6, 6.07) is 3.07. The summed E-state index contributed by atoms with van der Waals surface area (Å²) in [6.07, 6.45) is 4.08. The highest BCUT2D eigenvalue weighted by Crippen LogP contribution is 2.33. The van der Waals surface area contributed by atoms with E-state index >= 15 is 0 Å². The monoisotopic (exact) mass is 353 g/mol. The van der Waals surface area contributed by atoms with Gasteiger partial charge in [-0.2, -0.15) is 5.10 Å². The van der Waals surface area contributed by atoms with Crippen LogP contribution in [-0.4, -0.2) is 38.9 Å². The molecule has 1 fully saturated rings. The fraction of sp³-hybridized carbons (Fsp3) is 0.529. The smallest absolute Gasteiger partial charge is 0.158 e. The maximum atomic E-state index is 14.4. The van der Waals surface area contributed by atoms with Gasteiger partial charge in [0.15, 0.2) is 6.29 Å². The zero-order valence-electron chi connectivity index (χ0n) is 13.9. The molecule has 0 saturated carbocycles. The zero-order chi connectivity index (χ0) is 17.9. The molecular formula is C17H21F2N3O3. The van der Waals surface area contributed by atoms with Gasteiger partial charge in [-0.1, -0.05) is 6.07 Å². The van der Waals surface area contributed by atoms with Gasteiger partial charge in [-0.3, -0.25) is 0 Å². The molecule has 3 rings (SSSR count). The first kappa shape index (κ1) is 17.9. The highest BCUT2D eigenvalue weighted by atomic mass is 19.1. The van der Waals surface area contributed by atoms with E-state index in [0.717, 1.165) is 25.0 Å². The predicted octanol–water partition coefficient (Wildman–Crippen LogP) is 2.38. The van der Waals surface area contributed by atoms with Crippen LogP contribution >= 0.6 is 0 Å². The van der Waals surface area contributed by atoms with Crippen LogP contribution in [-0.2, 0) is 21.6 Å². The number of aromatic nitrogens is 3. The third-order valence-corrected chi connectivity index (χ3v) is 4.43. The molecule has 0 amide bonds. The molecule has 2 aromatic rings. The van der Waals surface area contributed by atoms with Crippen LogP contribution in [0, 0.1) is 11.6 Å². The Morgan fingerprint density at radius 3 is 2.92 bits per heavy atom. The molecule has 8 heteroatoms. The summed E-state index contributed by atoms with van der Waals surface area (Å²) in [6.45, 7) is 2.13. The van der Waals surface area contributed by atoms with Crippen molar-refractivity contribution in [2.75, 3.05) is 6.61 Å².